The Morgan fingerprint density at radius 1 is 1.24 bits per heavy atom. The summed E-state index contributed by atoms with van der Waals surface area (Å²) in [6, 6.07) is 8.35. The summed E-state index contributed by atoms with van der Waals surface area (Å²) in [6.07, 6.45) is 8.84. The lowest BCUT2D eigenvalue weighted by atomic mass is 10.2. The number of amides is 2. The molecule has 0 radical (unpaired) electrons. The molecule has 0 bridgehead atoms. The molecule has 2 heterocycles. The van der Waals surface area contributed by atoms with Crippen molar-refractivity contribution in [2.75, 3.05) is 13.7 Å². The predicted molar refractivity (Wildman–Crippen MR) is 128 cm³/mol. The molecule has 0 unspecified atom stereocenters. The molecule has 0 aliphatic rings. The van der Waals surface area contributed by atoms with Gasteiger partial charge in [-0.3, -0.25) is 19.3 Å². The first-order chi connectivity index (χ1) is 15.9. The number of hydrogen-bond donors (Lipinski definition) is 2. The Morgan fingerprint density at radius 2 is 2.06 bits per heavy atom. The minimum absolute atomic E-state index is 0.206. The van der Waals surface area contributed by atoms with E-state index in [0.29, 0.717) is 29.4 Å². The Morgan fingerprint density at radius 3 is 2.79 bits per heavy atom. The van der Waals surface area contributed by atoms with E-state index in [9.17, 15) is 9.59 Å². The summed E-state index contributed by atoms with van der Waals surface area (Å²) in [5, 5.41) is 10.5. The number of aromatic nitrogens is 3. The summed E-state index contributed by atoms with van der Waals surface area (Å²) in [5.74, 6) is 0.106. The summed E-state index contributed by atoms with van der Waals surface area (Å²) in [5.41, 5.74) is 2.40. The number of benzene rings is 1. The molecule has 2 aromatic heterocycles. The van der Waals surface area contributed by atoms with E-state index in [1.54, 1.807) is 30.1 Å². The van der Waals surface area contributed by atoms with Gasteiger partial charge >= 0.3 is 0 Å². The average Bonchev–Trinajstić information content (AvgIpc) is 3.26. The number of carbonyl (C=O) groups excluding carboxylic acids is 2. The largest absolute Gasteiger partial charge is 0.497 e. The zero-order valence-corrected chi connectivity index (χ0v) is 19.5. The lowest BCUT2D eigenvalue weighted by Crippen LogP contribution is -2.31. The van der Waals surface area contributed by atoms with E-state index in [1.165, 1.54) is 12.3 Å². The van der Waals surface area contributed by atoms with Gasteiger partial charge in [0.25, 0.3) is 11.8 Å². The van der Waals surface area contributed by atoms with Crippen molar-refractivity contribution in [1.82, 2.24) is 25.4 Å². The van der Waals surface area contributed by atoms with Gasteiger partial charge in [0.15, 0.2) is 0 Å². The van der Waals surface area contributed by atoms with Crippen LogP contribution < -0.4 is 15.4 Å². The molecule has 1 atom stereocenters. The van der Waals surface area contributed by atoms with Crippen molar-refractivity contribution in [3.05, 3.63) is 82.4 Å². The fourth-order valence-corrected chi connectivity index (χ4v) is 3.28. The first-order valence-corrected chi connectivity index (χ1v) is 10.9. The number of carbonyl (C=O) groups is 2. The third kappa shape index (κ3) is 6.66. The quantitative estimate of drug-likeness (QED) is 0.501. The van der Waals surface area contributed by atoms with Crippen LogP contribution in [0.4, 0.5) is 0 Å². The highest BCUT2D eigenvalue weighted by atomic mass is 35.5. The molecular formula is C24H26ClN5O3. The van der Waals surface area contributed by atoms with Crippen molar-refractivity contribution in [2.24, 2.45) is 0 Å². The van der Waals surface area contributed by atoms with E-state index in [2.05, 4.69) is 20.7 Å². The third-order valence-electron chi connectivity index (χ3n) is 4.77. The molecule has 0 aliphatic heterocycles. The summed E-state index contributed by atoms with van der Waals surface area (Å²) >= 11 is 6.31. The maximum atomic E-state index is 12.5. The third-order valence-corrected chi connectivity index (χ3v) is 5.13. The predicted octanol–water partition coefficient (Wildman–Crippen LogP) is 3.57. The Kier molecular flexibility index (Phi) is 8.21. The summed E-state index contributed by atoms with van der Waals surface area (Å²) in [7, 11) is 1.60. The fourth-order valence-electron chi connectivity index (χ4n) is 3.05. The smallest absolute Gasteiger partial charge is 0.269 e. The van der Waals surface area contributed by atoms with Crippen molar-refractivity contribution >= 4 is 29.5 Å². The average molecular weight is 468 g/mol. The second-order valence-electron chi connectivity index (χ2n) is 7.34. The molecule has 0 aliphatic carbocycles. The van der Waals surface area contributed by atoms with Crippen molar-refractivity contribution in [3.8, 4) is 5.75 Å². The zero-order valence-electron chi connectivity index (χ0n) is 18.7. The van der Waals surface area contributed by atoms with E-state index in [1.807, 2.05) is 44.3 Å². The Balaban J connectivity index is 1.58. The summed E-state index contributed by atoms with van der Waals surface area (Å²) in [6.45, 7) is 4.70. The lowest BCUT2D eigenvalue weighted by molar-refractivity contribution is 0.0947. The number of nitrogens with zero attached hydrogens (tertiary/aromatic N) is 3. The van der Waals surface area contributed by atoms with Crippen molar-refractivity contribution in [1.29, 1.82) is 0 Å². The molecular weight excluding hydrogens is 442 g/mol. The molecule has 2 N–H and O–H groups in total. The molecule has 9 heteroatoms. The molecule has 3 rings (SSSR count). The first-order valence-electron chi connectivity index (χ1n) is 10.5. The second kappa shape index (κ2) is 11.3. The molecule has 172 valence electrons. The molecule has 0 saturated heterocycles. The maximum absolute atomic E-state index is 12.5. The lowest BCUT2D eigenvalue weighted by Gasteiger charge is -2.10. The van der Waals surface area contributed by atoms with Crippen molar-refractivity contribution in [3.63, 3.8) is 0 Å². The number of hydrogen-bond acceptors (Lipinski definition) is 5. The molecule has 0 saturated carbocycles. The van der Waals surface area contributed by atoms with Crippen molar-refractivity contribution in [2.45, 2.75) is 26.4 Å². The molecule has 1 aromatic carbocycles. The van der Waals surface area contributed by atoms with Crippen LogP contribution in [0.3, 0.4) is 0 Å². The van der Waals surface area contributed by atoms with E-state index in [0.717, 1.165) is 11.1 Å². The van der Waals surface area contributed by atoms with Crippen LogP contribution in [0.5, 0.6) is 5.75 Å². The van der Waals surface area contributed by atoms with Gasteiger partial charge in [-0.25, -0.2) is 0 Å². The summed E-state index contributed by atoms with van der Waals surface area (Å²) < 4.78 is 6.96. The number of nitrogens with one attached hydrogen (secondary N) is 2. The van der Waals surface area contributed by atoms with Crippen LogP contribution in [0.15, 0.2) is 55.0 Å². The minimum Gasteiger partial charge on any atom is -0.497 e. The van der Waals surface area contributed by atoms with E-state index < -0.39 is 0 Å². The minimum atomic E-state index is -0.312. The van der Waals surface area contributed by atoms with Gasteiger partial charge in [0, 0.05) is 41.1 Å². The van der Waals surface area contributed by atoms with E-state index in [4.69, 9.17) is 16.3 Å². The van der Waals surface area contributed by atoms with Crippen LogP contribution in [-0.4, -0.2) is 46.3 Å². The molecule has 0 spiro atoms. The van der Waals surface area contributed by atoms with E-state index in [-0.39, 0.29) is 23.6 Å². The molecule has 2 amide bonds. The Labute approximate surface area is 197 Å². The standard InChI is InChI=1S/C24H26ClN5O3/c1-4-26-24(32)22-11-18(9-10-27-22)23(31)29-16(2)5-6-17-13-28-30(14-17)15-19-7-8-20(33-3)12-21(19)25/h5-14,16H,4,15H2,1-3H3,(H,26,32)(H,29,31)/b6-5+/t16-/m0/s1. The van der Waals surface area contributed by atoms with E-state index >= 15 is 0 Å². The van der Waals surface area contributed by atoms with Gasteiger partial charge in [-0.2, -0.15) is 5.10 Å². The van der Waals surface area contributed by atoms with Gasteiger partial charge in [0.1, 0.15) is 11.4 Å². The maximum Gasteiger partial charge on any atom is 0.269 e. The second-order valence-corrected chi connectivity index (χ2v) is 7.75. The van der Waals surface area contributed by atoms with Crippen LogP contribution >= 0.6 is 11.6 Å². The molecule has 33 heavy (non-hydrogen) atoms. The van der Waals surface area contributed by atoms with Gasteiger partial charge in [-0.1, -0.05) is 29.8 Å². The first kappa shape index (κ1) is 24.0. The van der Waals surface area contributed by atoms with Crippen molar-refractivity contribution < 1.29 is 14.3 Å². The fraction of sp³-hybridized carbons (Fsp3) is 0.250. The number of rotatable bonds is 9. The van der Waals surface area contributed by atoms with Crippen LogP contribution in [-0.2, 0) is 6.54 Å². The topological polar surface area (TPSA) is 98.1 Å². The van der Waals surface area contributed by atoms with Crippen LogP contribution in [0.2, 0.25) is 5.02 Å². The zero-order chi connectivity index (χ0) is 23.8. The molecule has 3 aromatic rings. The number of halogens is 1. The van der Waals surface area contributed by atoms with Gasteiger partial charge < -0.3 is 15.4 Å². The monoisotopic (exact) mass is 467 g/mol. The van der Waals surface area contributed by atoms with Gasteiger partial charge in [0.05, 0.1) is 19.9 Å². The highest BCUT2D eigenvalue weighted by Crippen LogP contribution is 2.23. The normalized spacial score (nSPS) is 11.9. The van der Waals surface area contributed by atoms with Gasteiger partial charge in [-0.05, 0) is 43.7 Å². The number of methoxy groups -OCH3 is 1. The van der Waals surface area contributed by atoms with Crippen LogP contribution in [0.1, 0.15) is 45.8 Å². The molecule has 8 nitrogen and oxygen atoms in total. The van der Waals surface area contributed by atoms with Gasteiger partial charge in [-0.15, -0.1) is 0 Å². The van der Waals surface area contributed by atoms with Crippen LogP contribution in [0, 0.1) is 0 Å². The Hall–Kier alpha value is -3.65. The molecule has 0 fully saturated rings. The highest BCUT2D eigenvalue weighted by molar-refractivity contribution is 6.31. The highest BCUT2D eigenvalue weighted by Gasteiger charge is 2.12. The number of pyridine rings is 1. The number of ether oxygens (including phenoxy) is 1. The van der Waals surface area contributed by atoms with Crippen LogP contribution in [0.25, 0.3) is 6.08 Å². The Bertz CT molecular complexity index is 1160. The SMILES string of the molecule is CCNC(=O)c1cc(C(=O)N[C@@H](C)/C=C/c2cnn(Cc3ccc(OC)cc3Cl)c2)ccn1. The summed E-state index contributed by atoms with van der Waals surface area (Å²) in [4.78, 5) is 28.5. The van der Waals surface area contributed by atoms with Gasteiger partial charge in [0.2, 0.25) is 0 Å².